The lowest BCUT2D eigenvalue weighted by Gasteiger charge is -2.43. The fourth-order valence-corrected chi connectivity index (χ4v) is 6.08. The molecule has 0 radical (unpaired) electrons. The van der Waals surface area contributed by atoms with Gasteiger partial charge in [0.15, 0.2) is 0 Å². The summed E-state index contributed by atoms with van der Waals surface area (Å²) in [6.45, 7) is 20.4. The normalized spacial score (nSPS) is 14.3. The highest BCUT2D eigenvalue weighted by molar-refractivity contribution is 5.94. The number of esters is 1. The number of hydrogen-bond acceptors (Lipinski definition) is 7. The lowest BCUT2D eigenvalue weighted by molar-refractivity contribution is -0.141. The number of carbonyl (C=O) groups is 4. The third-order valence-corrected chi connectivity index (χ3v) is 9.10. The minimum Gasteiger partial charge on any atom is -0.497 e. The van der Waals surface area contributed by atoms with Crippen molar-refractivity contribution in [3.05, 3.63) is 77.4 Å². The molecule has 0 aliphatic carbocycles. The molecule has 3 atom stereocenters. The Morgan fingerprint density at radius 2 is 1.36 bits per heavy atom. The van der Waals surface area contributed by atoms with E-state index in [4.69, 9.17) is 14.2 Å². The van der Waals surface area contributed by atoms with Gasteiger partial charge in [0.1, 0.15) is 23.4 Å². The van der Waals surface area contributed by atoms with Gasteiger partial charge >= 0.3 is 12.1 Å². The van der Waals surface area contributed by atoms with Crippen LogP contribution in [-0.2, 0) is 34.7 Å². The highest BCUT2D eigenvalue weighted by atomic mass is 16.6. The maximum atomic E-state index is 14.8. The van der Waals surface area contributed by atoms with Gasteiger partial charge in [-0.1, -0.05) is 90.1 Å². The van der Waals surface area contributed by atoms with E-state index >= 15 is 0 Å². The SMILES string of the molecule is CCOC(=O)/C(C)=C/[C@H](C(C)C)N(C)C(=O)[C@@H](NC(=O)[C@@H](N(C)C(=O)OC(C)(C)C)C(C)(C)c1ccccc1)C(C)(C)c1ccc(OC)cc1. The molecule has 0 aliphatic rings. The van der Waals surface area contributed by atoms with Gasteiger partial charge in [0.2, 0.25) is 11.8 Å². The van der Waals surface area contributed by atoms with E-state index in [9.17, 15) is 19.2 Å². The number of hydrogen-bond donors (Lipinski definition) is 1. The van der Waals surface area contributed by atoms with Crippen LogP contribution in [-0.4, -0.2) is 85.2 Å². The predicted octanol–water partition coefficient (Wildman–Crippen LogP) is 6.66. The Bertz CT molecular complexity index is 1490. The number of methoxy groups -OCH3 is 1. The van der Waals surface area contributed by atoms with Gasteiger partial charge in [-0.3, -0.25) is 14.5 Å². The summed E-state index contributed by atoms with van der Waals surface area (Å²) in [5, 5.41) is 3.11. The molecule has 0 saturated carbocycles. The second-order valence-corrected chi connectivity index (χ2v) is 15.2. The lowest BCUT2D eigenvalue weighted by atomic mass is 9.74. The van der Waals surface area contributed by atoms with Gasteiger partial charge in [0.25, 0.3) is 0 Å². The second kappa shape index (κ2) is 17.1. The van der Waals surface area contributed by atoms with Gasteiger partial charge in [0.05, 0.1) is 19.8 Å². The van der Waals surface area contributed by atoms with Crippen LogP contribution in [0.5, 0.6) is 5.75 Å². The van der Waals surface area contributed by atoms with Gasteiger partial charge < -0.3 is 24.4 Å². The van der Waals surface area contributed by atoms with E-state index in [1.165, 1.54) is 4.90 Å². The van der Waals surface area contributed by atoms with Crippen LogP contribution in [0.1, 0.15) is 87.3 Å². The van der Waals surface area contributed by atoms with Crippen molar-refractivity contribution >= 4 is 23.9 Å². The van der Waals surface area contributed by atoms with E-state index in [0.717, 1.165) is 11.1 Å². The first-order valence-corrected chi connectivity index (χ1v) is 17.2. The topological polar surface area (TPSA) is 114 Å². The van der Waals surface area contributed by atoms with Gasteiger partial charge in [-0.25, -0.2) is 9.59 Å². The predicted molar refractivity (Wildman–Crippen MR) is 197 cm³/mol. The standard InChI is InChI=1S/C40H59N3O7/c1-15-49-36(46)27(4)25-31(26(2)3)42(12)35(45)32(39(8,9)29-21-23-30(48-14)24-22-29)41-34(44)33(43(13)37(47)50-38(5,6)7)40(10,11)28-19-17-16-18-20-28/h16-26,31-33H,15H2,1-14H3,(H,41,44)/b27-25+/t31-,32-,33-/m1/s1. The van der Waals surface area contributed by atoms with Crippen LogP contribution in [0.25, 0.3) is 0 Å². The van der Waals surface area contributed by atoms with Crippen LogP contribution < -0.4 is 10.1 Å². The molecule has 0 bridgehead atoms. The Hall–Kier alpha value is -4.34. The number of benzene rings is 2. The zero-order valence-electron chi connectivity index (χ0n) is 32.5. The Morgan fingerprint density at radius 1 is 0.820 bits per heavy atom. The third kappa shape index (κ3) is 10.3. The minimum absolute atomic E-state index is 0.0863. The summed E-state index contributed by atoms with van der Waals surface area (Å²) in [4.78, 5) is 58.6. The maximum absolute atomic E-state index is 14.8. The van der Waals surface area contributed by atoms with E-state index < -0.39 is 52.5 Å². The lowest BCUT2D eigenvalue weighted by Crippen LogP contribution is -2.64. The number of ether oxygens (including phenoxy) is 3. The summed E-state index contributed by atoms with van der Waals surface area (Å²) >= 11 is 0. The molecule has 1 N–H and O–H groups in total. The number of likely N-dealkylation sites (N-methyl/N-ethyl adjacent to an activating group) is 2. The highest BCUT2D eigenvalue weighted by Crippen LogP contribution is 2.34. The summed E-state index contributed by atoms with van der Waals surface area (Å²) in [6, 6.07) is 14.1. The van der Waals surface area contributed by atoms with E-state index in [-0.39, 0.29) is 18.4 Å². The minimum atomic E-state index is -1.10. The quantitative estimate of drug-likeness (QED) is 0.174. The number of carbonyl (C=O) groups excluding carboxylic acids is 4. The van der Waals surface area contributed by atoms with Crippen molar-refractivity contribution in [2.24, 2.45) is 5.92 Å². The molecule has 0 saturated heterocycles. The average Bonchev–Trinajstić information content (AvgIpc) is 3.04. The Morgan fingerprint density at radius 3 is 1.84 bits per heavy atom. The molecule has 2 aromatic rings. The van der Waals surface area contributed by atoms with Crippen molar-refractivity contribution in [1.82, 2.24) is 15.1 Å². The van der Waals surface area contributed by atoms with Crippen molar-refractivity contribution in [2.45, 2.75) is 111 Å². The van der Waals surface area contributed by atoms with E-state index in [0.29, 0.717) is 11.3 Å². The molecule has 2 rings (SSSR count). The fraction of sp³-hybridized carbons (Fsp3) is 0.550. The van der Waals surface area contributed by atoms with Gasteiger partial charge in [-0.05, 0) is 63.8 Å². The average molecular weight is 694 g/mol. The summed E-state index contributed by atoms with van der Waals surface area (Å²) in [5.41, 5.74) is -0.694. The zero-order valence-corrected chi connectivity index (χ0v) is 32.5. The molecule has 0 heterocycles. The molecule has 2 aromatic carbocycles. The first-order chi connectivity index (χ1) is 23.1. The number of nitrogens with one attached hydrogen (secondary N) is 1. The first kappa shape index (κ1) is 41.8. The number of amides is 3. The molecule has 10 nitrogen and oxygen atoms in total. The van der Waals surface area contributed by atoms with Gasteiger partial charge in [0, 0.05) is 30.5 Å². The zero-order chi connectivity index (χ0) is 38.2. The Kier molecular flexibility index (Phi) is 14.3. The summed E-state index contributed by atoms with van der Waals surface area (Å²) in [7, 11) is 4.79. The molecule has 276 valence electrons. The molecule has 3 amide bonds. The molecule has 0 fully saturated rings. The molecule has 0 unspecified atom stereocenters. The van der Waals surface area contributed by atoms with Crippen molar-refractivity contribution in [3.63, 3.8) is 0 Å². The van der Waals surface area contributed by atoms with E-state index in [1.807, 2.05) is 96.1 Å². The summed E-state index contributed by atoms with van der Waals surface area (Å²) in [5.74, 6) is -0.797. The maximum Gasteiger partial charge on any atom is 0.410 e. The van der Waals surface area contributed by atoms with Crippen molar-refractivity contribution in [2.75, 3.05) is 27.8 Å². The number of nitrogens with zero attached hydrogens (tertiary/aromatic N) is 2. The van der Waals surface area contributed by atoms with E-state index in [2.05, 4.69) is 5.32 Å². The Labute approximate surface area is 299 Å². The van der Waals surface area contributed by atoms with Crippen molar-refractivity contribution < 1.29 is 33.4 Å². The van der Waals surface area contributed by atoms with Crippen LogP contribution in [0.3, 0.4) is 0 Å². The highest BCUT2D eigenvalue weighted by Gasteiger charge is 2.47. The van der Waals surface area contributed by atoms with Crippen LogP contribution in [0.4, 0.5) is 4.79 Å². The van der Waals surface area contributed by atoms with Crippen LogP contribution >= 0.6 is 0 Å². The largest absolute Gasteiger partial charge is 0.497 e. The van der Waals surface area contributed by atoms with E-state index in [1.54, 1.807) is 66.8 Å². The molecule has 10 heteroatoms. The fourth-order valence-electron chi connectivity index (χ4n) is 6.08. The smallest absolute Gasteiger partial charge is 0.410 e. The van der Waals surface area contributed by atoms with Gasteiger partial charge in [-0.2, -0.15) is 0 Å². The molecular formula is C40H59N3O7. The van der Waals surface area contributed by atoms with Gasteiger partial charge in [-0.15, -0.1) is 0 Å². The first-order valence-electron chi connectivity index (χ1n) is 17.2. The summed E-state index contributed by atoms with van der Waals surface area (Å²) in [6.07, 6.45) is 1.06. The van der Waals surface area contributed by atoms with Crippen LogP contribution in [0, 0.1) is 5.92 Å². The van der Waals surface area contributed by atoms with Crippen LogP contribution in [0.2, 0.25) is 0 Å². The molecule has 0 aromatic heterocycles. The Balaban J connectivity index is 2.76. The van der Waals surface area contributed by atoms with Crippen LogP contribution in [0.15, 0.2) is 66.2 Å². The summed E-state index contributed by atoms with van der Waals surface area (Å²) < 4.78 is 16.3. The monoisotopic (exact) mass is 693 g/mol. The molecule has 0 spiro atoms. The third-order valence-electron chi connectivity index (χ3n) is 9.10. The molecule has 0 aliphatic heterocycles. The van der Waals surface area contributed by atoms with Crippen molar-refractivity contribution in [3.8, 4) is 5.75 Å². The second-order valence-electron chi connectivity index (χ2n) is 15.2. The number of rotatable bonds is 14. The van der Waals surface area contributed by atoms with Crippen molar-refractivity contribution in [1.29, 1.82) is 0 Å². The molecule has 50 heavy (non-hydrogen) atoms. The molecular weight excluding hydrogens is 634 g/mol.